The molecule has 4 unspecified atom stereocenters. The molecule has 2 fully saturated rings. The van der Waals surface area contributed by atoms with Crippen LogP contribution in [0.15, 0.2) is 42.5 Å². The predicted octanol–water partition coefficient (Wildman–Crippen LogP) is 3.50. The van der Waals surface area contributed by atoms with Crippen LogP contribution < -0.4 is 9.47 Å². The Kier molecular flexibility index (Phi) is 3.46. The molecule has 0 amide bonds. The van der Waals surface area contributed by atoms with Crippen molar-refractivity contribution in [1.82, 2.24) is 4.90 Å². The number of rotatable bonds is 3. The van der Waals surface area contributed by atoms with Gasteiger partial charge in [0.2, 0.25) is 0 Å². The number of hydrogen-bond donors (Lipinski definition) is 0. The van der Waals surface area contributed by atoms with E-state index in [-0.39, 0.29) is 17.3 Å². The fourth-order valence-corrected chi connectivity index (χ4v) is 6.36. The van der Waals surface area contributed by atoms with Crippen molar-refractivity contribution in [3.05, 3.63) is 59.2 Å². The molecule has 4 atom stereocenters. The third-order valence-corrected chi connectivity index (χ3v) is 7.61. The summed E-state index contributed by atoms with van der Waals surface area (Å²) < 4.78 is 12.7. The minimum absolute atomic E-state index is 0.137. The lowest BCUT2D eigenvalue weighted by molar-refractivity contribution is -0.138. The third kappa shape index (κ3) is 2.07. The number of likely N-dealkylation sites (N-methyl/N-ethyl adjacent to an activating group) is 1. The molecule has 2 aromatic rings. The molecule has 0 aromatic heterocycles. The fourth-order valence-electron chi connectivity index (χ4n) is 6.36. The van der Waals surface area contributed by atoms with E-state index in [9.17, 15) is 4.79 Å². The number of ether oxygens (including phenoxy) is 2. The van der Waals surface area contributed by atoms with E-state index < -0.39 is 0 Å². The highest BCUT2D eigenvalue weighted by molar-refractivity contribution is 5.89. The van der Waals surface area contributed by atoms with Gasteiger partial charge in [0.25, 0.3) is 0 Å². The summed E-state index contributed by atoms with van der Waals surface area (Å²) in [5.41, 5.74) is 3.65. The zero-order valence-electron chi connectivity index (χ0n) is 16.2. The lowest BCUT2D eigenvalue weighted by atomic mass is 9.52. The molecule has 2 aliphatic carbocycles. The first-order valence-corrected chi connectivity index (χ1v) is 10.4. The molecule has 1 saturated carbocycles. The zero-order valence-corrected chi connectivity index (χ0v) is 16.2. The molecule has 4 aliphatic rings. The molecule has 2 aliphatic heterocycles. The first-order valence-electron chi connectivity index (χ1n) is 10.4. The standard InChI is InChI=1S/C24H25NO3/c1-25-12-11-24-17-8-9-19(26)23(24)28-22-20(27-14-15-5-3-2-4-6-15)10-7-16(21(22)24)13-18(17)25/h2-7,10,17-18,23H,8-9,11-14H2,1H3. The minimum atomic E-state index is -0.321. The van der Waals surface area contributed by atoms with Crippen LogP contribution in [-0.2, 0) is 23.2 Å². The average Bonchev–Trinajstić information content (AvgIpc) is 3.07. The summed E-state index contributed by atoms with van der Waals surface area (Å²) in [6.07, 6.45) is 3.36. The summed E-state index contributed by atoms with van der Waals surface area (Å²) in [6.45, 7) is 1.54. The summed E-state index contributed by atoms with van der Waals surface area (Å²) >= 11 is 0. The van der Waals surface area contributed by atoms with Crippen LogP contribution in [0.25, 0.3) is 0 Å². The van der Waals surface area contributed by atoms with Crippen molar-refractivity contribution in [2.24, 2.45) is 5.92 Å². The van der Waals surface area contributed by atoms with Gasteiger partial charge in [-0.05, 0) is 56.0 Å². The van der Waals surface area contributed by atoms with Crippen LogP contribution in [0.4, 0.5) is 0 Å². The Balaban J connectivity index is 1.45. The normalized spacial score (nSPS) is 32.6. The maximum Gasteiger partial charge on any atom is 0.174 e. The highest BCUT2D eigenvalue weighted by Crippen LogP contribution is 2.63. The number of hydrogen-bond acceptors (Lipinski definition) is 4. The van der Waals surface area contributed by atoms with Gasteiger partial charge in [0, 0.05) is 23.4 Å². The smallest absolute Gasteiger partial charge is 0.174 e. The van der Waals surface area contributed by atoms with E-state index in [0.717, 1.165) is 42.9 Å². The molecule has 28 heavy (non-hydrogen) atoms. The van der Waals surface area contributed by atoms with Crippen molar-refractivity contribution in [3.8, 4) is 11.5 Å². The van der Waals surface area contributed by atoms with E-state index in [1.807, 2.05) is 24.3 Å². The molecule has 2 aromatic carbocycles. The topological polar surface area (TPSA) is 38.8 Å². The van der Waals surface area contributed by atoms with Crippen molar-refractivity contribution in [2.75, 3.05) is 13.6 Å². The van der Waals surface area contributed by atoms with Gasteiger partial charge in [-0.3, -0.25) is 4.79 Å². The fraction of sp³-hybridized carbons (Fsp3) is 0.458. The van der Waals surface area contributed by atoms with Crippen LogP contribution in [0.3, 0.4) is 0 Å². The Hall–Kier alpha value is -2.33. The van der Waals surface area contributed by atoms with Gasteiger partial charge in [0.05, 0.1) is 0 Å². The van der Waals surface area contributed by atoms with Gasteiger partial charge in [-0.2, -0.15) is 0 Å². The first-order chi connectivity index (χ1) is 13.7. The molecule has 0 N–H and O–H groups in total. The Bertz CT molecular complexity index is 956. The lowest BCUT2D eigenvalue weighted by Crippen LogP contribution is -2.65. The maximum atomic E-state index is 12.9. The van der Waals surface area contributed by atoms with Gasteiger partial charge in [-0.15, -0.1) is 0 Å². The quantitative estimate of drug-likeness (QED) is 0.823. The Morgan fingerprint density at radius 3 is 2.93 bits per heavy atom. The number of Topliss-reactive ketones (excluding diaryl/α,β-unsaturated/α-hetero) is 1. The Morgan fingerprint density at radius 2 is 2.07 bits per heavy atom. The number of likely N-dealkylation sites (tertiary alicyclic amines) is 1. The monoisotopic (exact) mass is 375 g/mol. The van der Waals surface area contributed by atoms with Gasteiger partial charge in [-0.1, -0.05) is 36.4 Å². The van der Waals surface area contributed by atoms with E-state index >= 15 is 0 Å². The lowest BCUT2D eigenvalue weighted by Gasteiger charge is -2.57. The van der Waals surface area contributed by atoms with Crippen molar-refractivity contribution >= 4 is 5.78 Å². The minimum Gasteiger partial charge on any atom is -0.485 e. The highest BCUT2D eigenvalue weighted by Gasteiger charge is 2.65. The van der Waals surface area contributed by atoms with E-state index in [1.165, 1.54) is 11.1 Å². The SMILES string of the molecule is CN1CCC23c4c5ccc(OCc6ccccc6)c4OC2C(=O)CCC3C1C5. The second kappa shape index (κ2) is 5.84. The van der Waals surface area contributed by atoms with Crippen LogP contribution in [-0.4, -0.2) is 36.4 Å². The first kappa shape index (κ1) is 16.6. The predicted molar refractivity (Wildman–Crippen MR) is 106 cm³/mol. The van der Waals surface area contributed by atoms with Crippen molar-refractivity contribution in [2.45, 2.75) is 49.9 Å². The second-order valence-corrected chi connectivity index (χ2v) is 8.85. The maximum absolute atomic E-state index is 12.9. The van der Waals surface area contributed by atoms with Crippen LogP contribution in [0.5, 0.6) is 11.5 Å². The van der Waals surface area contributed by atoms with Crippen LogP contribution in [0.2, 0.25) is 0 Å². The molecule has 2 heterocycles. The second-order valence-electron chi connectivity index (χ2n) is 8.85. The number of nitrogens with zero attached hydrogens (tertiary/aromatic N) is 1. The zero-order chi connectivity index (χ0) is 18.9. The molecular formula is C24H25NO3. The third-order valence-electron chi connectivity index (χ3n) is 7.61. The average molecular weight is 375 g/mol. The molecular weight excluding hydrogens is 350 g/mol. The van der Waals surface area contributed by atoms with Crippen LogP contribution >= 0.6 is 0 Å². The van der Waals surface area contributed by atoms with Crippen molar-refractivity contribution in [3.63, 3.8) is 0 Å². The summed E-state index contributed by atoms with van der Waals surface area (Å²) in [4.78, 5) is 15.4. The van der Waals surface area contributed by atoms with E-state index in [2.05, 4.69) is 30.1 Å². The highest BCUT2D eigenvalue weighted by atomic mass is 16.5. The summed E-state index contributed by atoms with van der Waals surface area (Å²) in [6, 6.07) is 15.0. The van der Waals surface area contributed by atoms with Gasteiger partial charge >= 0.3 is 0 Å². The summed E-state index contributed by atoms with van der Waals surface area (Å²) in [7, 11) is 2.24. The van der Waals surface area contributed by atoms with Gasteiger partial charge in [0.1, 0.15) is 6.61 Å². The Morgan fingerprint density at radius 1 is 1.21 bits per heavy atom. The molecule has 0 radical (unpaired) electrons. The molecule has 4 heteroatoms. The molecule has 1 saturated heterocycles. The Labute approximate surface area is 165 Å². The molecule has 144 valence electrons. The van der Waals surface area contributed by atoms with E-state index in [1.54, 1.807) is 0 Å². The molecule has 4 nitrogen and oxygen atoms in total. The van der Waals surface area contributed by atoms with Gasteiger partial charge < -0.3 is 14.4 Å². The van der Waals surface area contributed by atoms with Crippen LogP contribution in [0.1, 0.15) is 36.0 Å². The number of piperidine rings is 1. The molecule has 2 bridgehead atoms. The largest absolute Gasteiger partial charge is 0.485 e. The van der Waals surface area contributed by atoms with Gasteiger partial charge in [-0.25, -0.2) is 0 Å². The van der Waals surface area contributed by atoms with Crippen molar-refractivity contribution in [1.29, 1.82) is 0 Å². The summed E-state index contributed by atoms with van der Waals surface area (Å²) in [5.74, 6) is 2.42. The number of carbonyl (C=O) groups excluding carboxylic acids is 1. The number of carbonyl (C=O) groups is 1. The summed E-state index contributed by atoms with van der Waals surface area (Å²) in [5, 5.41) is 0. The number of ketones is 1. The van der Waals surface area contributed by atoms with Crippen LogP contribution in [0, 0.1) is 5.92 Å². The van der Waals surface area contributed by atoms with E-state index in [0.29, 0.717) is 25.0 Å². The molecule has 1 spiro atoms. The van der Waals surface area contributed by atoms with E-state index in [4.69, 9.17) is 9.47 Å². The molecule has 6 rings (SSSR count). The van der Waals surface area contributed by atoms with Crippen molar-refractivity contribution < 1.29 is 14.3 Å². The number of benzene rings is 2. The van der Waals surface area contributed by atoms with Gasteiger partial charge in [0.15, 0.2) is 23.4 Å².